The van der Waals surface area contributed by atoms with Gasteiger partial charge in [0.2, 0.25) is 5.91 Å². The first-order valence-electron chi connectivity index (χ1n) is 6.02. The monoisotopic (exact) mass is 276 g/mol. The SMILES string of the molecule is CC(C)(C)c1ccc(C(=O)N=C2NC(=O)CS2)cc1. The third kappa shape index (κ3) is 3.44. The molecule has 1 saturated heterocycles. The average molecular weight is 276 g/mol. The Balaban J connectivity index is 2.14. The normalized spacial score (nSPS) is 17.6. The summed E-state index contributed by atoms with van der Waals surface area (Å²) >= 11 is 1.25. The number of carbonyl (C=O) groups is 2. The summed E-state index contributed by atoms with van der Waals surface area (Å²) in [6.07, 6.45) is 0. The average Bonchev–Trinajstić information content (AvgIpc) is 2.74. The maximum absolute atomic E-state index is 11.9. The second kappa shape index (κ2) is 5.17. The van der Waals surface area contributed by atoms with E-state index in [1.807, 2.05) is 12.1 Å². The number of hydrogen-bond acceptors (Lipinski definition) is 3. The van der Waals surface area contributed by atoms with E-state index in [1.165, 1.54) is 17.3 Å². The summed E-state index contributed by atoms with van der Waals surface area (Å²) in [6.45, 7) is 6.36. The largest absolute Gasteiger partial charge is 0.304 e. The summed E-state index contributed by atoms with van der Waals surface area (Å²) < 4.78 is 0. The molecule has 1 aliphatic heterocycles. The zero-order chi connectivity index (χ0) is 14.0. The summed E-state index contributed by atoms with van der Waals surface area (Å²) in [7, 11) is 0. The molecule has 0 aromatic heterocycles. The van der Waals surface area contributed by atoms with Crippen molar-refractivity contribution in [2.24, 2.45) is 4.99 Å². The van der Waals surface area contributed by atoms with Crippen LogP contribution in [0.5, 0.6) is 0 Å². The van der Waals surface area contributed by atoms with Crippen molar-refractivity contribution in [3.8, 4) is 0 Å². The number of hydrogen-bond donors (Lipinski definition) is 1. The highest BCUT2D eigenvalue weighted by Crippen LogP contribution is 2.22. The zero-order valence-electron chi connectivity index (χ0n) is 11.2. The van der Waals surface area contributed by atoms with Crippen LogP contribution in [-0.4, -0.2) is 22.7 Å². The van der Waals surface area contributed by atoms with Crippen LogP contribution in [0.3, 0.4) is 0 Å². The summed E-state index contributed by atoms with van der Waals surface area (Å²) in [5, 5.41) is 2.93. The molecule has 1 aliphatic rings. The van der Waals surface area contributed by atoms with E-state index in [0.29, 0.717) is 16.5 Å². The predicted molar refractivity (Wildman–Crippen MR) is 77.5 cm³/mol. The van der Waals surface area contributed by atoms with Gasteiger partial charge in [-0.3, -0.25) is 9.59 Å². The second-order valence-electron chi connectivity index (χ2n) is 5.39. The van der Waals surface area contributed by atoms with E-state index in [0.717, 1.165) is 0 Å². The van der Waals surface area contributed by atoms with Crippen LogP contribution in [0.4, 0.5) is 0 Å². The van der Waals surface area contributed by atoms with E-state index >= 15 is 0 Å². The number of thioether (sulfide) groups is 1. The minimum atomic E-state index is -0.329. The third-order valence-corrected chi connectivity index (χ3v) is 3.66. The van der Waals surface area contributed by atoms with Crippen LogP contribution in [0.15, 0.2) is 29.3 Å². The molecule has 5 heteroatoms. The first kappa shape index (κ1) is 13.8. The molecule has 1 aromatic rings. The number of rotatable bonds is 1. The maximum Gasteiger partial charge on any atom is 0.279 e. The molecule has 4 nitrogen and oxygen atoms in total. The highest BCUT2D eigenvalue weighted by atomic mass is 32.2. The van der Waals surface area contributed by atoms with Crippen LogP contribution in [0.1, 0.15) is 36.7 Å². The number of amidine groups is 1. The number of nitrogens with one attached hydrogen (secondary N) is 1. The van der Waals surface area contributed by atoms with Crippen LogP contribution in [0.2, 0.25) is 0 Å². The van der Waals surface area contributed by atoms with E-state index in [-0.39, 0.29) is 17.2 Å². The van der Waals surface area contributed by atoms with E-state index in [1.54, 1.807) is 12.1 Å². The molecule has 0 radical (unpaired) electrons. The van der Waals surface area contributed by atoms with E-state index < -0.39 is 0 Å². The first-order chi connectivity index (χ1) is 8.86. The molecule has 1 aromatic carbocycles. The number of benzene rings is 1. The van der Waals surface area contributed by atoms with Crippen LogP contribution in [0.25, 0.3) is 0 Å². The Morgan fingerprint density at radius 3 is 2.37 bits per heavy atom. The van der Waals surface area contributed by atoms with Gasteiger partial charge in [-0.1, -0.05) is 44.7 Å². The van der Waals surface area contributed by atoms with Crippen LogP contribution < -0.4 is 5.32 Å². The molecule has 1 heterocycles. The molecule has 0 bridgehead atoms. The van der Waals surface area contributed by atoms with Crippen molar-refractivity contribution >= 4 is 28.7 Å². The lowest BCUT2D eigenvalue weighted by Gasteiger charge is -2.18. The minimum absolute atomic E-state index is 0.0583. The molecule has 0 spiro atoms. The molecule has 1 N–H and O–H groups in total. The van der Waals surface area contributed by atoms with Gasteiger partial charge in [0.25, 0.3) is 5.91 Å². The Morgan fingerprint density at radius 2 is 1.89 bits per heavy atom. The van der Waals surface area contributed by atoms with Gasteiger partial charge in [-0.05, 0) is 23.1 Å². The zero-order valence-corrected chi connectivity index (χ0v) is 12.0. The summed E-state index contributed by atoms with van der Waals surface area (Å²) in [5.74, 6) is -0.112. The van der Waals surface area contributed by atoms with Gasteiger partial charge in [0.1, 0.15) is 0 Å². The standard InChI is InChI=1S/C14H16N2O2S/c1-14(2,3)10-6-4-9(5-7-10)12(18)16-13-15-11(17)8-19-13/h4-7H,8H2,1-3H3,(H,15,16,17,18). The van der Waals surface area contributed by atoms with Crippen LogP contribution in [0, 0.1) is 0 Å². The van der Waals surface area contributed by atoms with Crippen molar-refractivity contribution < 1.29 is 9.59 Å². The Kier molecular flexibility index (Phi) is 3.75. The molecule has 0 unspecified atom stereocenters. The summed E-state index contributed by atoms with van der Waals surface area (Å²) in [4.78, 5) is 26.8. The number of carbonyl (C=O) groups excluding carboxylic acids is 2. The minimum Gasteiger partial charge on any atom is -0.304 e. The predicted octanol–water partition coefficient (Wildman–Crippen LogP) is 2.34. The van der Waals surface area contributed by atoms with Crippen molar-refractivity contribution in [2.45, 2.75) is 26.2 Å². The molecule has 0 saturated carbocycles. The van der Waals surface area contributed by atoms with Gasteiger partial charge in [0, 0.05) is 5.56 Å². The quantitative estimate of drug-likeness (QED) is 0.856. The van der Waals surface area contributed by atoms with E-state index in [4.69, 9.17) is 0 Å². The molecular formula is C14H16N2O2S. The van der Waals surface area contributed by atoms with Crippen molar-refractivity contribution in [1.29, 1.82) is 0 Å². The fourth-order valence-electron chi connectivity index (χ4n) is 1.66. The molecule has 0 aliphatic carbocycles. The summed E-state index contributed by atoms with van der Waals surface area (Å²) in [6, 6.07) is 7.42. The maximum atomic E-state index is 11.9. The second-order valence-corrected chi connectivity index (χ2v) is 6.35. The lowest BCUT2D eigenvalue weighted by molar-refractivity contribution is -0.116. The fraction of sp³-hybridized carbons (Fsp3) is 0.357. The van der Waals surface area contributed by atoms with E-state index in [2.05, 4.69) is 31.1 Å². The van der Waals surface area contributed by atoms with Gasteiger partial charge in [-0.25, -0.2) is 0 Å². The number of nitrogens with zero attached hydrogens (tertiary/aromatic N) is 1. The van der Waals surface area contributed by atoms with Gasteiger partial charge < -0.3 is 5.32 Å². The molecule has 2 amide bonds. The molecule has 100 valence electrons. The van der Waals surface area contributed by atoms with Crippen molar-refractivity contribution in [3.05, 3.63) is 35.4 Å². The topological polar surface area (TPSA) is 58.5 Å². The third-order valence-electron chi connectivity index (χ3n) is 2.79. The number of aliphatic imine (C=N–C) groups is 1. The van der Waals surface area contributed by atoms with Gasteiger partial charge in [0.15, 0.2) is 5.17 Å². The Labute approximate surface area is 116 Å². The molecular weight excluding hydrogens is 260 g/mol. The van der Waals surface area contributed by atoms with Crippen LogP contribution >= 0.6 is 11.8 Å². The molecule has 19 heavy (non-hydrogen) atoms. The highest BCUT2D eigenvalue weighted by molar-refractivity contribution is 8.15. The molecule has 2 rings (SSSR count). The highest BCUT2D eigenvalue weighted by Gasteiger charge is 2.18. The lowest BCUT2D eigenvalue weighted by atomic mass is 9.87. The van der Waals surface area contributed by atoms with Gasteiger partial charge in [-0.15, -0.1) is 0 Å². The Morgan fingerprint density at radius 1 is 1.26 bits per heavy atom. The van der Waals surface area contributed by atoms with Gasteiger partial charge >= 0.3 is 0 Å². The van der Waals surface area contributed by atoms with Crippen LogP contribution in [-0.2, 0) is 10.2 Å². The number of amides is 2. The fourth-order valence-corrected chi connectivity index (χ4v) is 2.33. The van der Waals surface area contributed by atoms with Gasteiger partial charge in [0.05, 0.1) is 5.75 Å². The van der Waals surface area contributed by atoms with Crippen molar-refractivity contribution in [1.82, 2.24) is 5.32 Å². The van der Waals surface area contributed by atoms with Crippen molar-refractivity contribution in [2.75, 3.05) is 5.75 Å². The van der Waals surface area contributed by atoms with E-state index in [9.17, 15) is 9.59 Å². The molecule has 1 fully saturated rings. The first-order valence-corrected chi connectivity index (χ1v) is 7.01. The molecule has 0 atom stereocenters. The lowest BCUT2D eigenvalue weighted by Crippen LogP contribution is -2.21. The Bertz CT molecular complexity index is 542. The Hall–Kier alpha value is -1.62. The smallest absolute Gasteiger partial charge is 0.279 e. The van der Waals surface area contributed by atoms with Crippen molar-refractivity contribution in [3.63, 3.8) is 0 Å². The summed E-state index contributed by atoms with van der Waals surface area (Å²) in [5.41, 5.74) is 1.76. The van der Waals surface area contributed by atoms with Gasteiger partial charge in [-0.2, -0.15) is 4.99 Å².